The molecule has 4 rings (SSSR count). The Morgan fingerprint density at radius 1 is 1.38 bits per heavy atom. The van der Waals surface area contributed by atoms with Crippen molar-refractivity contribution in [1.82, 2.24) is 4.90 Å². The molecule has 2 heterocycles. The molecular weight excluding hydrogens is 442 g/mol. The summed E-state index contributed by atoms with van der Waals surface area (Å²) in [4.78, 5) is 14.0. The second-order valence-electron chi connectivity index (χ2n) is 8.99. The van der Waals surface area contributed by atoms with Crippen LogP contribution in [0, 0.1) is 5.41 Å². The number of hydrogen-bond donors (Lipinski definition) is 2. The fourth-order valence-electron chi connectivity index (χ4n) is 4.33. The van der Waals surface area contributed by atoms with Crippen molar-refractivity contribution in [2.24, 2.45) is 11.1 Å². The van der Waals surface area contributed by atoms with Gasteiger partial charge in [0.15, 0.2) is 0 Å². The van der Waals surface area contributed by atoms with E-state index in [1.807, 2.05) is 11.9 Å². The summed E-state index contributed by atoms with van der Waals surface area (Å²) in [6.07, 6.45) is -0.562. The quantitative estimate of drug-likeness (QED) is 0.553. The monoisotopic (exact) mass is 469 g/mol. The predicted molar refractivity (Wildman–Crippen MR) is 121 cm³/mol. The minimum absolute atomic E-state index is 0.210. The molecule has 0 unspecified atom stereocenters. The van der Waals surface area contributed by atoms with Gasteiger partial charge in [-0.1, -0.05) is 18.2 Å². The molecule has 32 heavy (non-hydrogen) atoms. The molecule has 2 aliphatic rings. The van der Waals surface area contributed by atoms with Crippen LogP contribution >= 0.6 is 11.3 Å². The number of allylic oxidation sites excluding steroid dienone is 1. The molecule has 1 saturated heterocycles. The molecule has 2 aromatic rings. The number of fused-ring (bicyclic) bond motifs is 1. The summed E-state index contributed by atoms with van der Waals surface area (Å²) in [6, 6.07) is 4.80. The van der Waals surface area contributed by atoms with Gasteiger partial charge in [-0.3, -0.25) is 4.79 Å². The van der Waals surface area contributed by atoms with E-state index in [1.165, 1.54) is 11.3 Å². The summed E-state index contributed by atoms with van der Waals surface area (Å²) in [5.74, 6) is -0.362. The number of benzene rings is 1. The number of nitrogens with zero attached hydrogens (tertiary/aromatic N) is 1. The maximum atomic E-state index is 14.5. The normalized spacial score (nSPS) is 23.7. The fourth-order valence-corrected chi connectivity index (χ4v) is 5.56. The zero-order valence-electron chi connectivity index (χ0n) is 17.8. The smallest absolute Gasteiger partial charge is 0.378 e. The summed E-state index contributed by atoms with van der Waals surface area (Å²) < 4.78 is 55.3. The van der Waals surface area contributed by atoms with Crippen LogP contribution < -0.4 is 11.1 Å². The highest BCUT2D eigenvalue weighted by Crippen LogP contribution is 2.49. The van der Waals surface area contributed by atoms with Gasteiger partial charge < -0.3 is 16.0 Å². The van der Waals surface area contributed by atoms with Gasteiger partial charge >= 0.3 is 6.18 Å². The number of carbonyl (C=O) groups is 1. The van der Waals surface area contributed by atoms with Crippen LogP contribution in [0.5, 0.6) is 0 Å². The first kappa shape index (κ1) is 23.0. The van der Waals surface area contributed by atoms with E-state index in [-0.39, 0.29) is 17.5 Å². The molecule has 0 radical (unpaired) electrons. The van der Waals surface area contributed by atoms with Gasteiger partial charge in [-0.15, -0.1) is 11.3 Å². The number of thiophene rings is 1. The number of rotatable bonds is 7. The van der Waals surface area contributed by atoms with E-state index in [0.29, 0.717) is 52.9 Å². The van der Waals surface area contributed by atoms with E-state index < -0.39 is 24.2 Å². The van der Waals surface area contributed by atoms with Crippen molar-refractivity contribution >= 4 is 39.1 Å². The van der Waals surface area contributed by atoms with Gasteiger partial charge in [0.2, 0.25) is 5.91 Å². The lowest BCUT2D eigenvalue weighted by atomic mass is 10.0. The number of amides is 1. The Morgan fingerprint density at radius 2 is 2.12 bits per heavy atom. The van der Waals surface area contributed by atoms with Crippen LogP contribution in [0.2, 0.25) is 0 Å². The van der Waals surface area contributed by atoms with Crippen molar-refractivity contribution in [3.63, 3.8) is 0 Å². The molecule has 1 amide bonds. The molecule has 1 aromatic heterocycles. The first-order chi connectivity index (χ1) is 15.1. The number of halogens is 4. The van der Waals surface area contributed by atoms with E-state index in [2.05, 4.69) is 5.32 Å². The van der Waals surface area contributed by atoms with Crippen LogP contribution in [0.1, 0.15) is 36.1 Å². The van der Waals surface area contributed by atoms with Crippen LogP contribution in [0.4, 0.5) is 23.2 Å². The van der Waals surface area contributed by atoms with Crippen LogP contribution in [0.3, 0.4) is 0 Å². The van der Waals surface area contributed by atoms with Crippen molar-refractivity contribution in [3.05, 3.63) is 34.7 Å². The Labute approximate surface area is 188 Å². The number of nitrogens with two attached hydrogens (primary N) is 1. The van der Waals surface area contributed by atoms with E-state index in [1.54, 1.807) is 30.4 Å². The van der Waals surface area contributed by atoms with E-state index in [4.69, 9.17) is 5.73 Å². The lowest BCUT2D eigenvalue weighted by Crippen LogP contribution is -2.46. The minimum atomic E-state index is -4.36. The molecule has 0 spiro atoms. The summed E-state index contributed by atoms with van der Waals surface area (Å²) in [5, 5.41) is 3.77. The number of hydrogen-bond acceptors (Lipinski definition) is 4. The summed E-state index contributed by atoms with van der Waals surface area (Å²) in [5.41, 5.74) is 5.77. The number of piperidine rings is 1. The van der Waals surface area contributed by atoms with Crippen molar-refractivity contribution in [1.29, 1.82) is 0 Å². The standard InChI is InChI=1S/C23H27F4N3OS/c1-30-11-7-17(16(24)13-30)29-18-5-2-4-14-15(12-23(25,26)27)19(32-20(14)18)6-3-8-22(9-10-22)21(28)31/h2-6,16-17,29H,7-13H2,1H3,(H2,28,31)/b6-3+/t16-,17+/m0/s1. The Hall–Kier alpha value is -2.13. The van der Waals surface area contributed by atoms with Gasteiger partial charge in [0, 0.05) is 18.0 Å². The molecule has 9 heteroatoms. The summed E-state index contributed by atoms with van der Waals surface area (Å²) in [7, 11) is 1.87. The molecular formula is C23H27F4N3OS. The SMILES string of the molecule is CN1CC[C@@H](Nc2cccc3c(CC(F)(F)F)c(/C=C/CC4(C(N)=O)CC4)sc23)[C@@H](F)C1. The average molecular weight is 470 g/mol. The molecule has 4 nitrogen and oxygen atoms in total. The average Bonchev–Trinajstić information content (AvgIpc) is 3.42. The van der Waals surface area contributed by atoms with Gasteiger partial charge in [0.1, 0.15) is 6.17 Å². The largest absolute Gasteiger partial charge is 0.393 e. The third kappa shape index (κ3) is 4.93. The van der Waals surface area contributed by atoms with Crippen molar-refractivity contribution in [2.45, 2.75) is 50.5 Å². The highest BCUT2D eigenvalue weighted by molar-refractivity contribution is 7.20. The van der Waals surface area contributed by atoms with Crippen LogP contribution in [-0.2, 0) is 11.2 Å². The fraction of sp³-hybridized carbons (Fsp3) is 0.522. The van der Waals surface area contributed by atoms with Gasteiger partial charge in [-0.25, -0.2) is 4.39 Å². The van der Waals surface area contributed by atoms with Crippen LogP contribution in [0.15, 0.2) is 24.3 Å². The van der Waals surface area contributed by atoms with E-state index in [9.17, 15) is 22.4 Å². The van der Waals surface area contributed by atoms with Gasteiger partial charge in [0.05, 0.1) is 28.3 Å². The number of likely N-dealkylation sites (tertiary alicyclic amines) is 1. The van der Waals surface area contributed by atoms with Gasteiger partial charge in [0.25, 0.3) is 0 Å². The first-order valence-electron chi connectivity index (χ1n) is 10.7. The molecule has 1 aliphatic carbocycles. The second-order valence-corrected chi connectivity index (χ2v) is 10.0. The maximum Gasteiger partial charge on any atom is 0.393 e. The second kappa shape index (κ2) is 8.67. The number of carbonyl (C=O) groups excluding carboxylic acids is 1. The molecule has 1 aliphatic heterocycles. The predicted octanol–water partition coefficient (Wildman–Crippen LogP) is 5.13. The number of alkyl halides is 4. The zero-order chi connectivity index (χ0) is 23.1. The van der Waals surface area contributed by atoms with Crippen LogP contribution in [0.25, 0.3) is 16.2 Å². The minimum Gasteiger partial charge on any atom is -0.378 e. The number of primary amides is 1. The Morgan fingerprint density at radius 3 is 2.75 bits per heavy atom. The van der Waals surface area contributed by atoms with Gasteiger partial charge in [-0.05, 0) is 55.8 Å². The van der Waals surface area contributed by atoms with Crippen molar-refractivity contribution in [2.75, 3.05) is 25.5 Å². The maximum absolute atomic E-state index is 14.5. The Bertz CT molecular complexity index is 1030. The highest BCUT2D eigenvalue weighted by Gasteiger charge is 2.47. The molecule has 2 atom stereocenters. The number of nitrogens with one attached hydrogen (secondary N) is 1. The molecule has 2 fully saturated rings. The van der Waals surface area contributed by atoms with E-state index >= 15 is 0 Å². The van der Waals surface area contributed by atoms with Crippen molar-refractivity contribution < 1.29 is 22.4 Å². The molecule has 1 saturated carbocycles. The third-order valence-corrected chi connectivity index (χ3v) is 7.71. The Kier molecular flexibility index (Phi) is 6.24. The lowest BCUT2D eigenvalue weighted by molar-refractivity contribution is -0.127. The van der Waals surface area contributed by atoms with Crippen molar-refractivity contribution in [3.8, 4) is 0 Å². The molecule has 0 bridgehead atoms. The number of anilines is 1. The summed E-state index contributed by atoms with van der Waals surface area (Å²) in [6.45, 7) is 1.08. The first-order valence-corrected chi connectivity index (χ1v) is 11.6. The van der Waals surface area contributed by atoms with E-state index in [0.717, 1.165) is 6.54 Å². The molecule has 174 valence electrons. The Balaban J connectivity index is 1.65. The van der Waals surface area contributed by atoms with Gasteiger partial charge in [-0.2, -0.15) is 13.2 Å². The highest BCUT2D eigenvalue weighted by atomic mass is 32.1. The van der Waals surface area contributed by atoms with Crippen LogP contribution in [-0.4, -0.2) is 49.3 Å². The zero-order valence-corrected chi connectivity index (χ0v) is 18.7. The molecule has 1 aromatic carbocycles. The lowest BCUT2D eigenvalue weighted by Gasteiger charge is -2.33. The summed E-state index contributed by atoms with van der Waals surface area (Å²) >= 11 is 1.26. The third-order valence-electron chi connectivity index (χ3n) is 6.47. The topological polar surface area (TPSA) is 58.4 Å². The molecule has 3 N–H and O–H groups in total.